The van der Waals surface area contributed by atoms with E-state index in [4.69, 9.17) is 4.74 Å². The van der Waals surface area contributed by atoms with Gasteiger partial charge in [-0.3, -0.25) is 9.69 Å². The van der Waals surface area contributed by atoms with Crippen molar-refractivity contribution >= 4 is 11.6 Å². The van der Waals surface area contributed by atoms with E-state index >= 15 is 0 Å². The predicted molar refractivity (Wildman–Crippen MR) is 91.8 cm³/mol. The van der Waals surface area contributed by atoms with E-state index in [1.807, 2.05) is 11.8 Å². The number of amides is 1. The molecule has 5 nitrogen and oxygen atoms in total. The third-order valence-corrected chi connectivity index (χ3v) is 4.94. The number of morpholine rings is 1. The van der Waals surface area contributed by atoms with Crippen LogP contribution in [0.15, 0.2) is 24.3 Å². The Morgan fingerprint density at radius 3 is 2.22 bits per heavy atom. The Kier molecular flexibility index (Phi) is 5.18. The Balaban J connectivity index is 1.53. The normalized spacial score (nSPS) is 21.3. The summed E-state index contributed by atoms with van der Waals surface area (Å²) in [6, 6.07) is 8.66. The maximum absolute atomic E-state index is 12.6. The van der Waals surface area contributed by atoms with Gasteiger partial charge in [-0.25, -0.2) is 0 Å². The number of piperazine rings is 1. The molecule has 0 aromatic heterocycles. The number of carbonyl (C=O) groups excluding carboxylic acids is 1. The van der Waals surface area contributed by atoms with Gasteiger partial charge in [0.05, 0.1) is 19.3 Å². The lowest BCUT2D eigenvalue weighted by Crippen LogP contribution is -2.56. The van der Waals surface area contributed by atoms with Crippen molar-refractivity contribution in [2.24, 2.45) is 0 Å². The minimum Gasteiger partial charge on any atom is -0.378 e. The molecule has 1 aromatic rings. The number of benzene rings is 1. The van der Waals surface area contributed by atoms with E-state index in [1.165, 1.54) is 11.3 Å². The minimum atomic E-state index is -0.0340. The van der Waals surface area contributed by atoms with Crippen LogP contribution in [0.2, 0.25) is 0 Å². The summed E-state index contributed by atoms with van der Waals surface area (Å²) in [7, 11) is 0. The van der Waals surface area contributed by atoms with Gasteiger partial charge >= 0.3 is 0 Å². The third kappa shape index (κ3) is 3.85. The molecule has 2 aliphatic rings. The summed E-state index contributed by atoms with van der Waals surface area (Å²) < 4.78 is 5.33. The number of rotatable bonds is 3. The maximum Gasteiger partial charge on any atom is 0.239 e. The molecule has 1 aromatic carbocycles. The summed E-state index contributed by atoms with van der Waals surface area (Å²) in [6.45, 7) is 10.8. The smallest absolute Gasteiger partial charge is 0.239 e. The van der Waals surface area contributed by atoms with Crippen molar-refractivity contribution in [3.63, 3.8) is 0 Å². The molecule has 0 N–H and O–H groups in total. The van der Waals surface area contributed by atoms with Gasteiger partial charge in [0.1, 0.15) is 0 Å². The largest absolute Gasteiger partial charge is 0.378 e. The van der Waals surface area contributed by atoms with Crippen molar-refractivity contribution in [3.05, 3.63) is 29.8 Å². The number of hydrogen-bond donors (Lipinski definition) is 0. The van der Waals surface area contributed by atoms with Crippen LogP contribution in [0.1, 0.15) is 12.5 Å². The van der Waals surface area contributed by atoms with Gasteiger partial charge in [0.15, 0.2) is 0 Å². The van der Waals surface area contributed by atoms with Crippen molar-refractivity contribution in [1.29, 1.82) is 0 Å². The van der Waals surface area contributed by atoms with Crippen LogP contribution < -0.4 is 4.90 Å². The molecule has 1 amide bonds. The van der Waals surface area contributed by atoms with Gasteiger partial charge < -0.3 is 14.5 Å². The Hall–Kier alpha value is -1.59. The second-order valence-electron chi connectivity index (χ2n) is 6.47. The van der Waals surface area contributed by atoms with Gasteiger partial charge in [-0.1, -0.05) is 17.7 Å². The standard InChI is InChI=1S/C18H27N3O2/c1-15-3-5-17(6-4-15)20-9-7-19(8-10-20)16(2)18(22)21-11-13-23-14-12-21/h3-6,16H,7-14H2,1-2H3. The summed E-state index contributed by atoms with van der Waals surface area (Å²) in [6.07, 6.45) is 0. The molecule has 3 rings (SSSR count). The van der Waals surface area contributed by atoms with Gasteiger partial charge in [-0.2, -0.15) is 0 Å². The van der Waals surface area contributed by atoms with Gasteiger partial charge in [0.25, 0.3) is 0 Å². The van der Waals surface area contributed by atoms with E-state index in [0.717, 1.165) is 39.3 Å². The average molecular weight is 317 g/mol. The first kappa shape index (κ1) is 16.3. The predicted octanol–water partition coefficient (Wildman–Crippen LogP) is 1.36. The first-order valence-electron chi connectivity index (χ1n) is 8.57. The van der Waals surface area contributed by atoms with Crippen LogP contribution in [0.4, 0.5) is 5.69 Å². The Morgan fingerprint density at radius 1 is 1.00 bits per heavy atom. The van der Waals surface area contributed by atoms with Gasteiger partial charge in [-0.15, -0.1) is 0 Å². The molecule has 126 valence electrons. The minimum absolute atomic E-state index is 0.0340. The van der Waals surface area contributed by atoms with Gasteiger partial charge in [0.2, 0.25) is 5.91 Å². The molecule has 0 saturated carbocycles. The van der Waals surface area contributed by atoms with E-state index in [2.05, 4.69) is 41.0 Å². The molecule has 5 heteroatoms. The van der Waals surface area contributed by atoms with E-state index in [9.17, 15) is 4.79 Å². The number of ether oxygens (including phenoxy) is 1. The average Bonchev–Trinajstić information content (AvgIpc) is 2.62. The molecule has 0 bridgehead atoms. The highest BCUT2D eigenvalue weighted by atomic mass is 16.5. The molecule has 2 fully saturated rings. The van der Waals surface area contributed by atoms with E-state index < -0.39 is 0 Å². The molecule has 0 radical (unpaired) electrons. The molecule has 23 heavy (non-hydrogen) atoms. The molecular formula is C18H27N3O2. The molecule has 2 heterocycles. The summed E-state index contributed by atoms with van der Waals surface area (Å²) in [4.78, 5) is 19.3. The number of hydrogen-bond acceptors (Lipinski definition) is 4. The zero-order valence-electron chi connectivity index (χ0n) is 14.2. The van der Waals surface area contributed by atoms with Crippen molar-refractivity contribution in [3.8, 4) is 0 Å². The zero-order chi connectivity index (χ0) is 16.2. The molecule has 0 aliphatic carbocycles. The second kappa shape index (κ2) is 7.32. The number of aryl methyl sites for hydroxylation is 1. The lowest BCUT2D eigenvalue weighted by atomic mass is 10.1. The number of nitrogens with zero attached hydrogens (tertiary/aromatic N) is 3. The van der Waals surface area contributed by atoms with Gasteiger partial charge in [-0.05, 0) is 26.0 Å². The topological polar surface area (TPSA) is 36.0 Å². The van der Waals surface area contributed by atoms with E-state index in [1.54, 1.807) is 0 Å². The number of anilines is 1. The Labute approximate surface area is 138 Å². The Bertz CT molecular complexity index is 518. The Morgan fingerprint density at radius 2 is 1.61 bits per heavy atom. The van der Waals surface area contributed by atoms with Crippen molar-refractivity contribution < 1.29 is 9.53 Å². The highest BCUT2D eigenvalue weighted by Crippen LogP contribution is 2.18. The van der Waals surface area contributed by atoms with Crippen molar-refractivity contribution in [1.82, 2.24) is 9.80 Å². The van der Waals surface area contributed by atoms with Crippen LogP contribution in [-0.4, -0.2) is 74.2 Å². The van der Waals surface area contributed by atoms with Gasteiger partial charge in [0, 0.05) is 45.0 Å². The zero-order valence-corrected chi connectivity index (χ0v) is 14.2. The van der Waals surface area contributed by atoms with Crippen LogP contribution in [-0.2, 0) is 9.53 Å². The van der Waals surface area contributed by atoms with Crippen molar-refractivity contribution in [2.75, 3.05) is 57.4 Å². The fourth-order valence-corrected chi connectivity index (χ4v) is 3.33. The summed E-state index contributed by atoms with van der Waals surface area (Å²) >= 11 is 0. The third-order valence-electron chi connectivity index (χ3n) is 4.94. The molecular weight excluding hydrogens is 290 g/mol. The SMILES string of the molecule is Cc1ccc(N2CCN(C(C)C(=O)N3CCOCC3)CC2)cc1. The summed E-state index contributed by atoms with van der Waals surface area (Å²) in [5, 5.41) is 0. The van der Waals surface area contributed by atoms with Crippen LogP contribution in [0.5, 0.6) is 0 Å². The van der Waals surface area contributed by atoms with E-state index in [0.29, 0.717) is 13.2 Å². The number of carbonyl (C=O) groups is 1. The fraction of sp³-hybridized carbons (Fsp3) is 0.611. The molecule has 1 atom stereocenters. The summed E-state index contributed by atoms with van der Waals surface area (Å²) in [5.74, 6) is 0.247. The molecule has 2 aliphatic heterocycles. The fourth-order valence-electron chi connectivity index (χ4n) is 3.33. The molecule has 0 spiro atoms. The van der Waals surface area contributed by atoms with Crippen LogP contribution >= 0.6 is 0 Å². The lowest BCUT2D eigenvalue weighted by Gasteiger charge is -2.40. The van der Waals surface area contributed by atoms with Crippen LogP contribution in [0, 0.1) is 6.92 Å². The monoisotopic (exact) mass is 317 g/mol. The van der Waals surface area contributed by atoms with E-state index in [-0.39, 0.29) is 11.9 Å². The highest BCUT2D eigenvalue weighted by molar-refractivity contribution is 5.81. The molecule has 1 unspecified atom stereocenters. The van der Waals surface area contributed by atoms with Crippen molar-refractivity contribution in [2.45, 2.75) is 19.9 Å². The summed E-state index contributed by atoms with van der Waals surface area (Å²) in [5.41, 5.74) is 2.57. The molecule has 2 saturated heterocycles. The quantitative estimate of drug-likeness (QED) is 0.843. The van der Waals surface area contributed by atoms with Crippen LogP contribution in [0.25, 0.3) is 0 Å². The lowest BCUT2D eigenvalue weighted by molar-refractivity contribution is -0.140. The second-order valence-corrected chi connectivity index (χ2v) is 6.47. The first-order chi connectivity index (χ1) is 11.1. The first-order valence-corrected chi connectivity index (χ1v) is 8.57. The highest BCUT2D eigenvalue weighted by Gasteiger charge is 2.29. The maximum atomic E-state index is 12.6. The van der Waals surface area contributed by atoms with Crippen LogP contribution in [0.3, 0.4) is 0 Å².